The molecular weight excluding hydrogens is 451 g/mol. The summed E-state index contributed by atoms with van der Waals surface area (Å²) >= 11 is 0. The quantitative estimate of drug-likeness (QED) is 0.589. The second-order valence-corrected chi connectivity index (χ2v) is 9.61. The number of allylic oxidation sites excluding steroid dienone is 1. The van der Waals surface area contributed by atoms with E-state index >= 15 is 0 Å². The number of benzene rings is 2. The van der Waals surface area contributed by atoms with Crippen molar-refractivity contribution in [2.24, 2.45) is 10.1 Å². The maximum Gasteiger partial charge on any atom is 0.416 e. The molecule has 1 atom stereocenters. The summed E-state index contributed by atoms with van der Waals surface area (Å²) < 4.78 is 62.7. The molecule has 170 valence electrons. The van der Waals surface area contributed by atoms with E-state index in [1.165, 1.54) is 24.4 Å². The molecule has 1 unspecified atom stereocenters. The fourth-order valence-electron chi connectivity index (χ4n) is 3.91. The number of nitrogens with zero attached hydrogens (tertiary/aromatic N) is 2. The van der Waals surface area contributed by atoms with Crippen LogP contribution in [0.2, 0.25) is 0 Å². The summed E-state index contributed by atoms with van der Waals surface area (Å²) in [7, 11) is -4.10. The number of aliphatic imine (C=N–C) groups is 1. The summed E-state index contributed by atoms with van der Waals surface area (Å²) in [5.74, 6) is 0. The fraction of sp³-hybridized carbons (Fsp3) is 0.167. The number of aryl methyl sites for hydroxylation is 1. The fourth-order valence-corrected chi connectivity index (χ4v) is 4.92. The molecule has 9 heteroatoms. The van der Waals surface area contributed by atoms with Gasteiger partial charge in [-0.25, -0.2) is 13.6 Å². The van der Waals surface area contributed by atoms with Gasteiger partial charge >= 0.3 is 6.18 Å². The van der Waals surface area contributed by atoms with E-state index < -0.39 is 26.5 Å². The maximum absolute atomic E-state index is 12.9. The highest BCUT2D eigenvalue weighted by atomic mass is 32.2. The number of rotatable bonds is 4. The van der Waals surface area contributed by atoms with Crippen molar-refractivity contribution in [2.75, 3.05) is 6.54 Å². The number of dihydropyridines is 1. The molecule has 0 saturated carbocycles. The molecule has 0 fully saturated rings. The molecule has 0 bridgehead atoms. The van der Waals surface area contributed by atoms with Crippen LogP contribution in [0.5, 0.6) is 0 Å². The SMILES string of the molecule is Cc1cc(-c2ccc(C(F)(F)F)cc2)cc(-c2ccccc2C2(S(N)(=O)=O)C=CC=NC2)n1. The molecule has 3 aromatic rings. The van der Waals surface area contributed by atoms with Crippen molar-refractivity contribution in [1.82, 2.24) is 4.98 Å². The van der Waals surface area contributed by atoms with E-state index in [0.29, 0.717) is 33.6 Å². The number of hydrogen-bond acceptors (Lipinski definition) is 4. The zero-order valence-electron chi connectivity index (χ0n) is 17.5. The Kier molecular flexibility index (Phi) is 5.71. The van der Waals surface area contributed by atoms with E-state index in [4.69, 9.17) is 5.14 Å². The first kappa shape index (κ1) is 22.9. The van der Waals surface area contributed by atoms with Crippen LogP contribution in [0.3, 0.4) is 0 Å². The largest absolute Gasteiger partial charge is 0.416 e. The minimum atomic E-state index is -4.42. The van der Waals surface area contributed by atoms with Gasteiger partial charge < -0.3 is 0 Å². The first-order chi connectivity index (χ1) is 15.5. The first-order valence-corrected chi connectivity index (χ1v) is 11.5. The average Bonchev–Trinajstić information content (AvgIpc) is 2.78. The van der Waals surface area contributed by atoms with Crippen LogP contribution in [-0.2, 0) is 20.9 Å². The van der Waals surface area contributed by atoms with Gasteiger partial charge in [0.05, 0.1) is 17.8 Å². The number of nitrogens with two attached hydrogens (primary N) is 1. The number of sulfonamides is 1. The minimum Gasteiger partial charge on any atom is -0.291 e. The topological polar surface area (TPSA) is 85.4 Å². The Bertz CT molecular complexity index is 1360. The van der Waals surface area contributed by atoms with Gasteiger partial charge in [0.1, 0.15) is 4.75 Å². The summed E-state index contributed by atoms with van der Waals surface area (Å²) in [4.78, 5) is 8.71. The molecule has 4 rings (SSSR count). The van der Waals surface area contributed by atoms with Crippen LogP contribution in [0, 0.1) is 6.92 Å². The molecule has 2 aromatic carbocycles. The average molecular weight is 472 g/mol. The van der Waals surface area contributed by atoms with Crippen molar-refractivity contribution in [3.05, 3.63) is 89.6 Å². The van der Waals surface area contributed by atoms with Gasteiger partial charge in [0, 0.05) is 17.5 Å². The molecule has 33 heavy (non-hydrogen) atoms. The van der Waals surface area contributed by atoms with Crippen LogP contribution in [0.4, 0.5) is 13.2 Å². The summed E-state index contributed by atoms with van der Waals surface area (Å²) in [6.45, 7) is 1.69. The second-order valence-electron chi connectivity index (χ2n) is 7.79. The van der Waals surface area contributed by atoms with E-state index in [1.54, 1.807) is 49.4 Å². The third-order valence-electron chi connectivity index (χ3n) is 5.55. The normalized spacial score (nSPS) is 18.5. The zero-order chi connectivity index (χ0) is 23.9. The van der Waals surface area contributed by atoms with Gasteiger partial charge in [-0.15, -0.1) is 0 Å². The lowest BCUT2D eigenvalue weighted by Crippen LogP contribution is -2.43. The van der Waals surface area contributed by atoms with E-state index in [9.17, 15) is 21.6 Å². The van der Waals surface area contributed by atoms with Crippen LogP contribution in [0.15, 0.2) is 77.8 Å². The van der Waals surface area contributed by atoms with Crippen molar-refractivity contribution in [3.63, 3.8) is 0 Å². The molecule has 1 aliphatic heterocycles. The molecule has 1 aromatic heterocycles. The van der Waals surface area contributed by atoms with Crippen LogP contribution in [0.25, 0.3) is 22.4 Å². The van der Waals surface area contributed by atoms with Gasteiger partial charge in [0.15, 0.2) is 0 Å². The summed E-state index contributed by atoms with van der Waals surface area (Å²) in [6.07, 6.45) is 0.150. The predicted octanol–water partition coefficient (Wildman–Crippen LogP) is 4.87. The Labute approximate surface area is 189 Å². The third kappa shape index (κ3) is 4.34. The standard InChI is InChI=1S/C24H20F3N3O2S/c1-16-13-18(17-7-9-19(10-8-17)24(25,26)27)14-22(30-16)20-5-2-3-6-21(20)23(33(28,31)32)11-4-12-29-15-23/h2-14H,15H2,1H3,(H2,28,31,32). The third-order valence-corrected chi connectivity index (χ3v) is 7.05. The Hall–Kier alpha value is -3.30. The second kappa shape index (κ2) is 8.24. The van der Waals surface area contributed by atoms with E-state index in [2.05, 4.69) is 9.98 Å². The van der Waals surface area contributed by atoms with E-state index in [1.807, 2.05) is 0 Å². The van der Waals surface area contributed by atoms with Crippen LogP contribution in [-0.4, -0.2) is 26.2 Å². The molecular formula is C24H20F3N3O2S. The van der Waals surface area contributed by atoms with Crippen molar-refractivity contribution in [1.29, 1.82) is 0 Å². The zero-order valence-corrected chi connectivity index (χ0v) is 18.4. The van der Waals surface area contributed by atoms with Crippen molar-refractivity contribution >= 4 is 16.2 Å². The molecule has 2 N–H and O–H groups in total. The Balaban J connectivity index is 1.87. The molecule has 0 radical (unpaired) electrons. The number of primary sulfonamides is 1. The maximum atomic E-state index is 12.9. The van der Waals surface area contributed by atoms with Crippen LogP contribution in [0.1, 0.15) is 16.8 Å². The Morgan fingerprint density at radius 1 is 1.00 bits per heavy atom. The molecule has 5 nitrogen and oxygen atoms in total. The highest BCUT2D eigenvalue weighted by Crippen LogP contribution is 2.39. The number of halogens is 3. The summed E-state index contributed by atoms with van der Waals surface area (Å²) in [6, 6.07) is 15.2. The Morgan fingerprint density at radius 2 is 1.70 bits per heavy atom. The lowest BCUT2D eigenvalue weighted by molar-refractivity contribution is -0.137. The first-order valence-electron chi connectivity index (χ1n) is 9.97. The highest BCUT2D eigenvalue weighted by molar-refractivity contribution is 7.90. The number of aromatic nitrogens is 1. The summed E-state index contributed by atoms with van der Waals surface area (Å²) in [5, 5.41) is 5.66. The molecule has 0 amide bonds. The monoisotopic (exact) mass is 471 g/mol. The molecule has 0 aliphatic carbocycles. The van der Waals surface area contributed by atoms with Gasteiger partial charge in [-0.3, -0.25) is 9.98 Å². The van der Waals surface area contributed by atoms with Gasteiger partial charge in [0.2, 0.25) is 10.0 Å². The van der Waals surface area contributed by atoms with Gasteiger partial charge in [-0.1, -0.05) is 42.5 Å². The van der Waals surface area contributed by atoms with Gasteiger partial charge in [0.25, 0.3) is 0 Å². The Morgan fingerprint density at radius 3 is 2.30 bits per heavy atom. The molecule has 2 heterocycles. The number of pyridine rings is 1. The molecule has 0 spiro atoms. The van der Waals surface area contributed by atoms with E-state index in [-0.39, 0.29) is 6.54 Å². The van der Waals surface area contributed by atoms with Gasteiger partial charge in [-0.2, -0.15) is 13.2 Å². The number of alkyl halides is 3. The lowest BCUT2D eigenvalue weighted by atomic mass is 9.89. The van der Waals surface area contributed by atoms with Crippen molar-refractivity contribution < 1.29 is 21.6 Å². The lowest BCUT2D eigenvalue weighted by Gasteiger charge is -2.30. The van der Waals surface area contributed by atoms with Crippen molar-refractivity contribution in [3.8, 4) is 22.4 Å². The van der Waals surface area contributed by atoms with Crippen LogP contribution >= 0.6 is 0 Å². The summed E-state index contributed by atoms with van der Waals surface area (Å²) in [5.41, 5.74) is 2.58. The molecule has 1 aliphatic rings. The van der Waals surface area contributed by atoms with E-state index in [0.717, 1.165) is 12.1 Å². The smallest absolute Gasteiger partial charge is 0.291 e. The predicted molar refractivity (Wildman–Crippen MR) is 122 cm³/mol. The molecule has 0 saturated heterocycles. The van der Waals surface area contributed by atoms with Crippen LogP contribution < -0.4 is 5.14 Å². The highest BCUT2D eigenvalue weighted by Gasteiger charge is 2.43. The number of hydrogen-bond donors (Lipinski definition) is 1. The van der Waals surface area contributed by atoms with Crippen molar-refractivity contribution in [2.45, 2.75) is 17.8 Å². The van der Waals surface area contributed by atoms with Gasteiger partial charge in [-0.05, 0) is 54.0 Å². The minimum absolute atomic E-state index is 0.0725.